The standard InChI is InChI=1S/C18H26N6O/c1-13-4-3-5-15(20-13)11-23-7-8-24(12-16(23)6-9-25)17-10-14(2)21-18(19)22-17/h3-5,10,16,25H,6-9,11-12H2,1-2H3,(H2,19,21,22)/t16-/m0/s1. The summed E-state index contributed by atoms with van der Waals surface area (Å²) in [6.07, 6.45) is 0.724. The minimum Gasteiger partial charge on any atom is -0.396 e. The molecule has 0 unspecified atom stereocenters. The van der Waals surface area contributed by atoms with Crippen molar-refractivity contribution in [3.63, 3.8) is 0 Å². The Kier molecular flexibility index (Phi) is 5.45. The van der Waals surface area contributed by atoms with Gasteiger partial charge in [-0.25, -0.2) is 4.98 Å². The number of rotatable bonds is 5. The monoisotopic (exact) mass is 342 g/mol. The molecule has 3 rings (SSSR count). The van der Waals surface area contributed by atoms with Crippen LogP contribution in [0, 0.1) is 13.8 Å². The molecular weight excluding hydrogens is 316 g/mol. The zero-order chi connectivity index (χ0) is 17.8. The van der Waals surface area contributed by atoms with Gasteiger partial charge in [-0.3, -0.25) is 9.88 Å². The van der Waals surface area contributed by atoms with Gasteiger partial charge in [-0.05, 0) is 32.4 Å². The third-order valence-corrected chi connectivity index (χ3v) is 4.56. The van der Waals surface area contributed by atoms with Crippen LogP contribution in [0.4, 0.5) is 11.8 Å². The Balaban J connectivity index is 1.73. The fourth-order valence-electron chi connectivity index (χ4n) is 3.36. The van der Waals surface area contributed by atoms with E-state index in [0.29, 0.717) is 5.95 Å². The topological polar surface area (TPSA) is 91.4 Å². The van der Waals surface area contributed by atoms with Gasteiger partial charge in [0, 0.05) is 56.3 Å². The molecule has 2 aromatic heterocycles. The summed E-state index contributed by atoms with van der Waals surface area (Å²) in [4.78, 5) is 17.7. The summed E-state index contributed by atoms with van der Waals surface area (Å²) < 4.78 is 0. The van der Waals surface area contributed by atoms with Crippen molar-refractivity contribution in [3.8, 4) is 0 Å². The SMILES string of the molecule is Cc1cccc(CN2CCN(c3cc(C)nc(N)n3)C[C@@H]2CCO)n1. The number of aryl methyl sites for hydroxylation is 2. The third kappa shape index (κ3) is 4.43. The molecule has 0 radical (unpaired) electrons. The van der Waals surface area contributed by atoms with E-state index in [4.69, 9.17) is 5.73 Å². The number of aliphatic hydroxyl groups excluding tert-OH is 1. The molecule has 134 valence electrons. The molecule has 7 nitrogen and oxygen atoms in total. The smallest absolute Gasteiger partial charge is 0.222 e. The molecule has 0 amide bonds. The lowest BCUT2D eigenvalue weighted by Gasteiger charge is -2.41. The molecule has 1 saturated heterocycles. The zero-order valence-corrected chi connectivity index (χ0v) is 14.9. The summed E-state index contributed by atoms with van der Waals surface area (Å²) in [5.41, 5.74) is 8.76. The van der Waals surface area contributed by atoms with Crippen LogP contribution in [0.1, 0.15) is 23.5 Å². The number of piperazine rings is 1. The van der Waals surface area contributed by atoms with Gasteiger partial charge < -0.3 is 15.7 Å². The Morgan fingerprint density at radius 2 is 2.00 bits per heavy atom. The average molecular weight is 342 g/mol. The second kappa shape index (κ2) is 7.76. The van der Waals surface area contributed by atoms with E-state index >= 15 is 0 Å². The molecule has 1 aliphatic heterocycles. The average Bonchev–Trinajstić information content (AvgIpc) is 2.56. The van der Waals surface area contributed by atoms with E-state index in [9.17, 15) is 5.11 Å². The lowest BCUT2D eigenvalue weighted by Crippen LogP contribution is -2.53. The Morgan fingerprint density at radius 1 is 1.16 bits per heavy atom. The predicted molar refractivity (Wildman–Crippen MR) is 98.3 cm³/mol. The van der Waals surface area contributed by atoms with E-state index in [1.54, 1.807) is 0 Å². The van der Waals surface area contributed by atoms with Gasteiger partial charge in [0.2, 0.25) is 5.95 Å². The lowest BCUT2D eigenvalue weighted by molar-refractivity contribution is 0.134. The molecule has 25 heavy (non-hydrogen) atoms. The molecule has 1 atom stereocenters. The highest BCUT2D eigenvalue weighted by atomic mass is 16.3. The van der Waals surface area contributed by atoms with Gasteiger partial charge in [0.05, 0.1) is 5.69 Å². The first-order chi connectivity index (χ1) is 12.0. The van der Waals surface area contributed by atoms with Crippen LogP contribution in [0.25, 0.3) is 0 Å². The van der Waals surface area contributed by atoms with Gasteiger partial charge >= 0.3 is 0 Å². The van der Waals surface area contributed by atoms with Crippen molar-refractivity contribution in [3.05, 3.63) is 41.3 Å². The minimum atomic E-state index is 0.168. The van der Waals surface area contributed by atoms with Crippen molar-refractivity contribution in [1.82, 2.24) is 19.9 Å². The second-order valence-corrected chi connectivity index (χ2v) is 6.58. The van der Waals surface area contributed by atoms with Crippen LogP contribution in [-0.2, 0) is 6.54 Å². The van der Waals surface area contributed by atoms with Crippen molar-refractivity contribution in [2.75, 3.05) is 36.9 Å². The molecule has 0 bridgehead atoms. The number of nitrogens with two attached hydrogens (primary N) is 1. The van der Waals surface area contributed by atoms with Gasteiger partial charge in [-0.2, -0.15) is 4.98 Å². The quantitative estimate of drug-likeness (QED) is 0.842. The van der Waals surface area contributed by atoms with Crippen LogP contribution < -0.4 is 10.6 Å². The summed E-state index contributed by atoms with van der Waals surface area (Å²) in [5.74, 6) is 1.17. The van der Waals surface area contributed by atoms with Crippen LogP contribution >= 0.6 is 0 Å². The van der Waals surface area contributed by atoms with E-state index in [1.807, 2.05) is 32.0 Å². The maximum absolute atomic E-state index is 9.49. The lowest BCUT2D eigenvalue weighted by atomic mass is 10.1. The first kappa shape index (κ1) is 17.6. The molecule has 3 heterocycles. The zero-order valence-electron chi connectivity index (χ0n) is 14.9. The van der Waals surface area contributed by atoms with Gasteiger partial charge in [0.1, 0.15) is 5.82 Å². The summed E-state index contributed by atoms with van der Waals surface area (Å²) in [6, 6.07) is 8.32. The van der Waals surface area contributed by atoms with Gasteiger partial charge in [0.15, 0.2) is 0 Å². The maximum atomic E-state index is 9.49. The highest BCUT2D eigenvalue weighted by Gasteiger charge is 2.28. The van der Waals surface area contributed by atoms with Gasteiger partial charge in [-0.1, -0.05) is 6.07 Å². The number of nitrogen functional groups attached to an aromatic ring is 1. The Morgan fingerprint density at radius 3 is 2.72 bits per heavy atom. The molecule has 2 aromatic rings. The summed E-state index contributed by atoms with van der Waals surface area (Å²) in [7, 11) is 0. The predicted octanol–water partition coefficient (Wildman–Crippen LogP) is 1.14. The summed E-state index contributed by atoms with van der Waals surface area (Å²) in [5, 5.41) is 9.49. The van der Waals surface area contributed by atoms with Gasteiger partial charge in [0.25, 0.3) is 0 Å². The minimum absolute atomic E-state index is 0.168. The van der Waals surface area contributed by atoms with Crippen LogP contribution in [0.3, 0.4) is 0 Å². The number of pyridine rings is 1. The third-order valence-electron chi connectivity index (χ3n) is 4.56. The van der Waals surface area contributed by atoms with E-state index < -0.39 is 0 Å². The second-order valence-electron chi connectivity index (χ2n) is 6.58. The molecule has 0 aromatic carbocycles. The highest BCUT2D eigenvalue weighted by molar-refractivity contribution is 5.44. The van der Waals surface area contributed by atoms with Crippen LogP contribution in [0.5, 0.6) is 0 Å². The normalized spacial score (nSPS) is 18.5. The Labute approximate surface area is 148 Å². The molecule has 0 aliphatic carbocycles. The molecule has 3 N–H and O–H groups in total. The molecule has 1 fully saturated rings. The Bertz CT molecular complexity index is 702. The van der Waals surface area contributed by atoms with Crippen LogP contribution in [0.2, 0.25) is 0 Å². The van der Waals surface area contributed by atoms with Crippen molar-refractivity contribution in [2.45, 2.75) is 32.9 Å². The molecule has 0 saturated carbocycles. The number of nitrogens with zero attached hydrogens (tertiary/aromatic N) is 5. The van der Waals surface area contributed by atoms with E-state index in [2.05, 4.69) is 30.8 Å². The summed E-state index contributed by atoms with van der Waals surface area (Å²) >= 11 is 0. The first-order valence-corrected chi connectivity index (χ1v) is 8.68. The first-order valence-electron chi connectivity index (χ1n) is 8.68. The number of anilines is 2. The van der Waals surface area contributed by atoms with Crippen LogP contribution in [0.15, 0.2) is 24.3 Å². The molecule has 1 aliphatic rings. The van der Waals surface area contributed by atoms with E-state index in [1.165, 1.54) is 0 Å². The molecular formula is C18H26N6O. The summed E-state index contributed by atoms with van der Waals surface area (Å²) in [6.45, 7) is 7.46. The largest absolute Gasteiger partial charge is 0.396 e. The fourth-order valence-corrected chi connectivity index (χ4v) is 3.36. The highest BCUT2D eigenvalue weighted by Crippen LogP contribution is 2.21. The molecule has 0 spiro atoms. The van der Waals surface area contributed by atoms with E-state index in [0.717, 1.165) is 55.5 Å². The number of hydrogen-bond donors (Lipinski definition) is 2. The fraction of sp³-hybridized carbons (Fsp3) is 0.500. The number of aliphatic hydroxyl groups is 1. The Hall–Kier alpha value is -2.25. The van der Waals surface area contributed by atoms with Crippen molar-refractivity contribution < 1.29 is 5.11 Å². The molecule has 7 heteroatoms. The van der Waals surface area contributed by atoms with Crippen molar-refractivity contribution in [2.24, 2.45) is 0 Å². The van der Waals surface area contributed by atoms with E-state index in [-0.39, 0.29) is 12.6 Å². The van der Waals surface area contributed by atoms with Gasteiger partial charge in [-0.15, -0.1) is 0 Å². The van der Waals surface area contributed by atoms with Crippen molar-refractivity contribution >= 4 is 11.8 Å². The maximum Gasteiger partial charge on any atom is 0.222 e. The number of hydrogen-bond acceptors (Lipinski definition) is 7. The number of aromatic nitrogens is 3. The van der Waals surface area contributed by atoms with Crippen LogP contribution in [-0.4, -0.2) is 57.2 Å². The van der Waals surface area contributed by atoms with Crippen molar-refractivity contribution in [1.29, 1.82) is 0 Å².